The second kappa shape index (κ2) is 10.9. The number of benzene rings is 7. The van der Waals surface area contributed by atoms with Crippen molar-refractivity contribution in [2.75, 3.05) is 0 Å². The van der Waals surface area contributed by atoms with Gasteiger partial charge >= 0.3 is 0 Å². The van der Waals surface area contributed by atoms with Gasteiger partial charge in [0.1, 0.15) is 0 Å². The lowest BCUT2D eigenvalue weighted by atomic mass is 9.93. The molecular formula is C44H26N4. The van der Waals surface area contributed by atoms with Crippen molar-refractivity contribution in [3.8, 4) is 45.8 Å². The van der Waals surface area contributed by atoms with Crippen molar-refractivity contribution in [3.05, 3.63) is 169 Å². The van der Waals surface area contributed by atoms with E-state index in [9.17, 15) is 10.5 Å². The van der Waals surface area contributed by atoms with Crippen molar-refractivity contribution in [2.24, 2.45) is 0 Å². The number of hydrogen-bond donors (Lipinski definition) is 0. The molecular weight excluding hydrogens is 585 g/mol. The van der Waals surface area contributed by atoms with Crippen molar-refractivity contribution in [3.63, 3.8) is 0 Å². The number of para-hydroxylation sites is 3. The first-order valence-electron chi connectivity index (χ1n) is 15.9. The topological polar surface area (TPSA) is 57.4 Å². The highest BCUT2D eigenvalue weighted by atomic mass is 15.0. The SMILES string of the molecule is N#Cc1ccc(-n2c3ccccc3c3ccc(-c4ccccc4-c4ccccc4-n4c5ccccc5c5cc(C#N)ccc54)cc32)cc1. The molecule has 0 atom stereocenters. The normalized spacial score (nSPS) is 11.3. The molecule has 0 aliphatic carbocycles. The summed E-state index contributed by atoms with van der Waals surface area (Å²) in [5.74, 6) is 0. The Morgan fingerprint density at radius 3 is 1.69 bits per heavy atom. The summed E-state index contributed by atoms with van der Waals surface area (Å²) in [6, 6.07) is 59.1. The van der Waals surface area contributed by atoms with Gasteiger partial charge in [0.15, 0.2) is 0 Å². The first-order chi connectivity index (χ1) is 23.7. The van der Waals surface area contributed by atoms with Gasteiger partial charge in [-0.05, 0) is 83.4 Å². The van der Waals surface area contributed by atoms with Gasteiger partial charge in [-0.2, -0.15) is 10.5 Å². The van der Waals surface area contributed by atoms with E-state index in [4.69, 9.17) is 0 Å². The van der Waals surface area contributed by atoms with Gasteiger partial charge in [0.2, 0.25) is 0 Å². The first-order valence-corrected chi connectivity index (χ1v) is 15.9. The van der Waals surface area contributed by atoms with Crippen LogP contribution in [0.5, 0.6) is 0 Å². The van der Waals surface area contributed by atoms with Gasteiger partial charge in [-0.3, -0.25) is 0 Å². The van der Waals surface area contributed by atoms with Crippen LogP contribution < -0.4 is 0 Å². The average molecular weight is 611 g/mol. The summed E-state index contributed by atoms with van der Waals surface area (Å²) in [7, 11) is 0. The second-order valence-corrected chi connectivity index (χ2v) is 12.0. The third kappa shape index (κ3) is 4.14. The maximum Gasteiger partial charge on any atom is 0.0991 e. The van der Waals surface area contributed by atoms with Gasteiger partial charge in [0.05, 0.1) is 51.0 Å². The van der Waals surface area contributed by atoms with Crippen LogP contribution in [-0.4, -0.2) is 9.13 Å². The summed E-state index contributed by atoms with van der Waals surface area (Å²) < 4.78 is 4.61. The zero-order valence-electron chi connectivity index (χ0n) is 25.8. The minimum atomic E-state index is 0.640. The van der Waals surface area contributed by atoms with Gasteiger partial charge in [0, 0.05) is 32.8 Å². The van der Waals surface area contributed by atoms with E-state index in [1.165, 1.54) is 10.8 Å². The van der Waals surface area contributed by atoms with E-state index < -0.39 is 0 Å². The molecule has 2 aromatic heterocycles. The Kier molecular flexibility index (Phi) is 6.22. The number of fused-ring (bicyclic) bond motifs is 6. The van der Waals surface area contributed by atoms with Crippen LogP contribution in [0.4, 0.5) is 0 Å². The predicted molar refractivity (Wildman–Crippen MR) is 195 cm³/mol. The fourth-order valence-electron chi connectivity index (χ4n) is 7.27. The molecule has 0 aliphatic rings. The van der Waals surface area contributed by atoms with Crippen LogP contribution in [0.25, 0.3) is 77.2 Å². The van der Waals surface area contributed by atoms with E-state index in [0.29, 0.717) is 11.1 Å². The summed E-state index contributed by atoms with van der Waals surface area (Å²) in [5.41, 5.74) is 12.3. The van der Waals surface area contributed by atoms with E-state index in [-0.39, 0.29) is 0 Å². The van der Waals surface area contributed by atoms with Gasteiger partial charge in [-0.1, -0.05) is 91.0 Å². The van der Waals surface area contributed by atoms with Gasteiger partial charge in [0.25, 0.3) is 0 Å². The van der Waals surface area contributed by atoms with Crippen LogP contribution in [-0.2, 0) is 0 Å². The molecule has 4 heteroatoms. The van der Waals surface area contributed by atoms with Gasteiger partial charge in [-0.25, -0.2) is 0 Å². The lowest BCUT2D eigenvalue weighted by molar-refractivity contribution is 1.18. The third-order valence-electron chi connectivity index (χ3n) is 9.40. The Balaban J connectivity index is 1.28. The van der Waals surface area contributed by atoms with Gasteiger partial charge < -0.3 is 9.13 Å². The molecule has 9 rings (SSSR count). The first kappa shape index (κ1) is 27.4. The molecule has 9 aromatic rings. The molecule has 0 N–H and O–H groups in total. The zero-order chi connectivity index (χ0) is 32.2. The number of nitrogens with zero attached hydrogens (tertiary/aromatic N) is 4. The molecule has 222 valence electrons. The van der Waals surface area contributed by atoms with Crippen LogP contribution in [0.3, 0.4) is 0 Å². The molecule has 7 aromatic carbocycles. The maximum atomic E-state index is 9.66. The van der Waals surface area contributed by atoms with E-state index >= 15 is 0 Å². The number of hydrogen-bond acceptors (Lipinski definition) is 2. The van der Waals surface area contributed by atoms with Crippen molar-refractivity contribution in [2.45, 2.75) is 0 Å². The highest BCUT2D eigenvalue weighted by molar-refractivity contribution is 6.12. The average Bonchev–Trinajstić information content (AvgIpc) is 3.67. The molecule has 0 fully saturated rings. The lowest BCUT2D eigenvalue weighted by Crippen LogP contribution is -1.98. The quantitative estimate of drug-likeness (QED) is 0.199. The molecule has 0 saturated heterocycles. The van der Waals surface area contributed by atoms with Crippen LogP contribution in [0.15, 0.2) is 158 Å². The highest BCUT2D eigenvalue weighted by Crippen LogP contribution is 2.41. The van der Waals surface area contributed by atoms with Crippen molar-refractivity contribution < 1.29 is 0 Å². The maximum absolute atomic E-state index is 9.66. The number of rotatable bonds is 4. The summed E-state index contributed by atoms with van der Waals surface area (Å²) in [4.78, 5) is 0. The van der Waals surface area contributed by atoms with Crippen molar-refractivity contribution in [1.29, 1.82) is 10.5 Å². The Morgan fingerprint density at radius 1 is 0.375 bits per heavy atom. The number of nitriles is 2. The Bertz CT molecular complexity index is 2800. The van der Waals surface area contributed by atoms with E-state index in [0.717, 1.165) is 66.5 Å². The Labute approximate surface area is 277 Å². The molecule has 0 saturated carbocycles. The summed E-state index contributed by atoms with van der Waals surface area (Å²) in [5, 5.41) is 23.6. The molecule has 0 radical (unpaired) electrons. The highest BCUT2D eigenvalue weighted by Gasteiger charge is 2.19. The van der Waals surface area contributed by atoms with Crippen LogP contribution >= 0.6 is 0 Å². The van der Waals surface area contributed by atoms with E-state index in [2.05, 4.69) is 143 Å². The fraction of sp³-hybridized carbons (Fsp3) is 0. The molecule has 2 heterocycles. The molecule has 4 nitrogen and oxygen atoms in total. The van der Waals surface area contributed by atoms with Crippen molar-refractivity contribution >= 4 is 43.6 Å². The van der Waals surface area contributed by atoms with E-state index in [1.807, 2.05) is 36.4 Å². The minimum Gasteiger partial charge on any atom is -0.309 e. The molecule has 0 unspecified atom stereocenters. The minimum absolute atomic E-state index is 0.640. The summed E-state index contributed by atoms with van der Waals surface area (Å²) in [6.07, 6.45) is 0. The van der Waals surface area contributed by atoms with Gasteiger partial charge in [-0.15, -0.1) is 0 Å². The summed E-state index contributed by atoms with van der Waals surface area (Å²) in [6.45, 7) is 0. The van der Waals surface area contributed by atoms with Crippen molar-refractivity contribution in [1.82, 2.24) is 9.13 Å². The molecule has 0 amide bonds. The molecule has 0 spiro atoms. The Morgan fingerprint density at radius 2 is 0.938 bits per heavy atom. The lowest BCUT2D eigenvalue weighted by Gasteiger charge is -2.17. The monoisotopic (exact) mass is 610 g/mol. The largest absolute Gasteiger partial charge is 0.309 e. The second-order valence-electron chi connectivity index (χ2n) is 12.0. The van der Waals surface area contributed by atoms with E-state index in [1.54, 1.807) is 0 Å². The summed E-state index contributed by atoms with van der Waals surface area (Å²) >= 11 is 0. The molecule has 0 aliphatic heterocycles. The van der Waals surface area contributed by atoms with Crippen LogP contribution in [0.2, 0.25) is 0 Å². The standard InChI is InChI=1S/C44H26N4/c45-27-29-17-21-32(22-18-29)47-40-14-6-4-12-36(40)38-23-20-31(26-44(38)47)33-9-1-2-10-34(33)35-11-3-7-15-41(35)48-42-16-8-5-13-37(42)39-25-30(28-46)19-24-43(39)48/h1-26H. The predicted octanol–water partition coefficient (Wildman–Crippen LogP) is 11.0. The molecule has 48 heavy (non-hydrogen) atoms. The van der Waals surface area contributed by atoms with Crippen LogP contribution in [0.1, 0.15) is 11.1 Å². The fourth-order valence-corrected chi connectivity index (χ4v) is 7.27. The number of aromatic nitrogens is 2. The van der Waals surface area contributed by atoms with Crippen LogP contribution in [0, 0.1) is 22.7 Å². The molecule has 0 bridgehead atoms. The third-order valence-corrected chi connectivity index (χ3v) is 9.40. The smallest absolute Gasteiger partial charge is 0.0991 e. The zero-order valence-corrected chi connectivity index (χ0v) is 25.8. The Hall–Kier alpha value is -6.88.